The average molecular weight is 278 g/mol. The summed E-state index contributed by atoms with van der Waals surface area (Å²) in [5, 5.41) is 3.60. The Labute approximate surface area is 121 Å². The highest BCUT2D eigenvalue weighted by atomic mass is 16.5. The maximum Gasteiger partial charge on any atom is 0.233 e. The molecule has 2 heterocycles. The SMILES string of the molecule is COc1cncc(N2CCCCC2CNC(C)(C)C)n1. The molecule has 1 fully saturated rings. The second kappa shape index (κ2) is 6.39. The third kappa shape index (κ3) is 4.07. The van der Waals surface area contributed by atoms with Gasteiger partial charge in [-0.05, 0) is 40.0 Å². The molecule has 1 saturated heterocycles. The molecule has 1 N–H and O–H groups in total. The Morgan fingerprint density at radius 1 is 1.35 bits per heavy atom. The van der Waals surface area contributed by atoms with Gasteiger partial charge in [-0.1, -0.05) is 0 Å². The Bertz CT molecular complexity index is 430. The molecule has 0 aromatic carbocycles. The van der Waals surface area contributed by atoms with Gasteiger partial charge in [-0.2, -0.15) is 4.98 Å². The summed E-state index contributed by atoms with van der Waals surface area (Å²) in [6, 6.07) is 0.476. The van der Waals surface area contributed by atoms with Crippen molar-refractivity contribution in [2.45, 2.75) is 51.6 Å². The van der Waals surface area contributed by atoms with E-state index in [1.807, 2.05) is 6.20 Å². The van der Waals surface area contributed by atoms with Gasteiger partial charge in [0.15, 0.2) is 5.82 Å². The van der Waals surface area contributed by atoms with Crippen LogP contribution in [0.25, 0.3) is 0 Å². The lowest BCUT2D eigenvalue weighted by Gasteiger charge is -2.38. The Hall–Kier alpha value is -1.36. The minimum atomic E-state index is 0.142. The lowest BCUT2D eigenvalue weighted by atomic mass is 10.0. The molecule has 0 aliphatic carbocycles. The lowest BCUT2D eigenvalue weighted by Crippen LogP contribution is -2.50. The molecule has 0 saturated carbocycles. The zero-order valence-electron chi connectivity index (χ0n) is 13.0. The summed E-state index contributed by atoms with van der Waals surface area (Å²) in [6.07, 6.45) is 7.17. The molecule has 1 aromatic rings. The van der Waals surface area contributed by atoms with Crippen molar-refractivity contribution >= 4 is 5.82 Å². The van der Waals surface area contributed by atoms with Crippen LogP contribution >= 0.6 is 0 Å². The molecule has 1 aliphatic rings. The molecule has 1 atom stereocenters. The van der Waals surface area contributed by atoms with Crippen LogP contribution in [0.5, 0.6) is 5.88 Å². The summed E-state index contributed by atoms with van der Waals surface area (Å²) in [7, 11) is 1.63. The largest absolute Gasteiger partial charge is 0.480 e. The minimum Gasteiger partial charge on any atom is -0.480 e. The third-order valence-corrected chi connectivity index (χ3v) is 3.60. The molecule has 0 radical (unpaired) electrons. The van der Waals surface area contributed by atoms with E-state index in [1.165, 1.54) is 19.3 Å². The van der Waals surface area contributed by atoms with Crippen LogP contribution < -0.4 is 15.0 Å². The Morgan fingerprint density at radius 3 is 2.85 bits per heavy atom. The van der Waals surface area contributed by atoms with E-state index in [0.29, 0.717) is 11.9 Å². The topological polar surface area (TPSA) is 50.3 Å². The number of rotatable bonds is 4. The van der Waals surface area contributed by atoms with Gasteiger partial charge in [0.2, 0.25) is 5.88 Å². The zero-order valence-corrected chi connectivity index (χ0v) is 13.0. The van der Waals surface area contributed by atoms with Crippen molar-refractivity contribution in [2.75, 3.05) is 25.1 Å². The molecule has 5 heteroatoms. The normalized spacial score (nSPS) is 20.0. The molecule has 2 rings (SSSR count). The first-order valence-electron chi connectivity index (χ1n) is 7.37. The van der Waals surface area contributed by atoms with Crippen LogP contribution in [0.4, 0.5) is 5.82 Å². The number of piperidine rings is 1. The van der Waals surface area contributed by atoms with Crippen LogP contribution in [-0.4, -0.2) is 41.7 Å². The van der Waals surface area contributed by atoms with E-state index >= 15 is 0 Å². The van der Waals surface area contributed by atoms with Gasteiger partial charge >= 0.3 is 0 Å². The zero-order chi connectivity index (χ0) is 14.6. The molecule has 0 amide bonds. The summed E-state index contributed by atoms with van der Waals surface area (Å²) < 4.78 is 5.18. The number of methoxy groups -OCH3 is 1. The van der Waals surface area contributed by atoms with Crippen LogP contribution in [0.1, 0.15) is 40.0 Å². The molecule has 1 unspecified atom stereocenters. The van der Waals surface area contributed by atoms with Gasteiger partial charge in [0, 0.05) is 24.7 Å². The first-order valence-corrected chi connectivity index (χ1v) is 7.37. The van der Waals surface area contributed by atoms with E-state index in [-0.39, 0.29) is 5.54 Å². The average Bonchev–Trinajstić information content (AvgIpc) is 2.45. The quantitative estimate of drug-likeness (QED) is 0.915. The molecule has 1 aromatic heterocycles. The number of hydrogen-bond donors (Lipinski definition) is 1. The maximum absolute atomic E-state index is 5.18. The summed E-state index contributed by atoms with van der Waals surface area (Å²) in [5.41, 5.74) is 0.142. The number of nitrogens with zero attached hydrogens (tertiary/aromatic N) is 3. The van der Waals surface area contributed by atoms with E-state index in [4.69, 9.17) is 4.74 Å². The predicted octanol–water partition coefficient (Wildman–Crippen LogP) is 2.23. The number of ether oxygens (including phenoxy) is 1. The summed E-state index contributed by atoms with van der Waals surface area (Å²) in [5.74, 6) is 1.50. The molecule has 0 bridgehead atoms. The van der Waals surface area contributed by atoms with E-state index in [2.05, 4.69) is 41.0 Å². The maximum atomic E-state index is 5.18. The fraction of sp³-hybridized carbons (Fsp3) is 0.733. The van der Waals surface area contributed by atoms with Crippen LogP contribution in [0.3, 0.4) is 0 Å². The minimum absolute atomic E-state index is 0.142. The lowest BCUT2D eigenvalue weighted by molar-refractivity contribution is 0.362. The third-order valence-electron chi connectivity index (χ3n) is 3.60. The van der Waals surface area contributed by atoms with Gasteiger partial charge in [0.25, 0.3) is 0 Å². The standard InChI is InChI=1S/C15H26N4O/c1-15(2,3)17-9-12-7-5-6-8-19(12)13-10-16-11-14(18-13)20-4/h10-12,17H,5-9H2,1-4H3. The Morgan fingerprint density at radius 2 is 2.15 bits per heavy atom. The Kier molecular flexibility index (Phi) is 4.81. The van der Waals surface area contributed by atoms with Gasteiger partial charge in [0.05, 0.1) is 19.5 Å². The van der Waals surface area contributed by atoms with Crippen LogP contribution in [-0.2, 0) is 0 Å². The van der Waals surface area contributed by atoms with E-state index in [0.717, 1.165) is 18.9 Å². The first kappa shape index (κ1) is 15.0. The van der Waals surface area contributed by atoms with Crippen molar-refractivity contribution in [1.29, 1.82) is 0 Å². The molecule has 5 nitrogen and oxygen atoms in total. The summed E-state index contributed by atoms with van der Waals surface area (Å²) in [4.78, 5) is 11.1. The fourth-order valence-electron chi connectivity index (χ4n) is 2.51. The molecular formula is C15H26N4O. The number of hydrogen-bond acceptors (Lipinski definition) is 5. The van der Waals surface area contributed by atoms with Crippen LogP contribution in [0, 0.1) is 0 Å². The monoisotopic (exact) mass is 278 g/mol. The van der Waals surface area contributed by atoms with Gasteiger partial charge in [-0.15, -0.1) is 0 Å². The van der Waals surface area contributed by atoms with Gasteiger partial charge in [0.1, 0.15) is 0 Å². The number of aromatic nitrogens is 2. The van der Waals surface area contributed by atoms with Crippen molar-refractivity contribution in [3.63, 3.8) is 0 Å². The van der Waals surface area contributed by atoms with Crippen molar-refractivity contribution in [3.8, 4) is 5.88 Å². The molecule has 20 heavy (non-hydrogen) atoms. The highest BCUT2D eigenvalue weighted by Gasteiger charge is 2.25. The van der Waals surface area contributed by atoms with Gasteiger partial charge < -0.3 is 15.0 Å². The molecule has 112 valence electrons. The van der Waals surface area contributed by atoms with Crippen molar-refractivity contribution in [2.24, 2.45) is 0 Å². The second-order valence-corrected chi connectivity index (χ2v) is 6.39. The highest BCUT2D eigenvalue weighted by Crippen LogP contribution is 2.24. The van der Waals surface area contributed by atoms with E-state index in [9.17, 15) is 0 Å². The predicted molar refractivity (Wildman–Crippen MR) is 81.3 cm³/mol. The van der Waals surface area contributed by atoms with Gasteiger partial charge in [-0.25, -0.2) is 0 Å². The molecular weight excluding hydrogens is 252 g/mol. The number of nitrogens with one attached hydrogen (secondary N) is 1. The fourth-order valence-corrected chi connectivity index (χ4v) is 2.51. The van der Waals surface area contributed by atoms with Crippen molar-refractivity contribution < 1.29 is 4.74 Å². The van der Waals surface area contributed by atoms with Gasteiger partial charge in [-0.3, -0.25) is 4.98 Å². The Balaban J connectivity index is 2.09. The number of anilines is 1. The van der Waals surface area contributed by atoms with E-state index in [1.54, 1.807) is 13.3 Å². The summed E-state index contributed by atoms with van der Waals surface area (Å²) in [6.45, 7) is 8.61. The first-order chi connectivity index (χ1) is 9.49. The van der Waals surface area contributed by atoms with E-state index < -0.39 is 0 Å². The molecule has 0 spiro atoms. The second-order valence-electron chi connectivity index (χ2n) is 6.39. The van der Waals surface area contributed by atoms with Crippen molar-refractivity contribution in [1.82, 2.24) is 15.3 Å². The highest BCUT2D eigenvalue weighted by molar-refractivity contribution is 5.39. The smallest absolute Gasteiger partial charge is 0.233 e. The van der Waals surface area contributed by atoms with Crippen molar-refractivity contribution in [3.05, 3.63) is 12.4 Å². The van der Waals surface area contributed by atoms with Crippen LogP contribution in [0.15, 0.2) is 12.4 Å². The van der Waals surface area contributed by atoms with Crippen LogP contribution in [0.2, 0.25) is 0 Å². The molecule has 1 aliphatic heterocycles. The summed E-state index contributed by atoms with van der Waals surface area (Å²) >= 11 is 0.